The van der Waals surface area contributed by atoms with E-state index in [1.807, 2.05) is 34.6 Å². The molecule has 1 aliphatic rings. The van der Waals surface area contributed by atoms with Crippen LogP contribution < -0.4 is 11.3 Å². The molecule has 0 aromatic carbocycles. The highest BCUT2D eigenvalue weighted by molar-refractivity contribution is 6.61. The van der Waals surface area contributed by atoms with Crippen molar-refractivity contribution >= 4 is 12.7 Å². The summed E-state index contributed by atoms with van der Waals surface area (Å²) in [5, 5.41) is 0. The normalized spacial score (nSPS) is 22.1. The fourth-order valence-electron chi connectivity index (χ4n) is 2.09. The van der Waals surface area contributed by atoms with Crippen molar-refractivity contribution in [2.24, 2.45) is 5.73 Å². The van der Waals surface area contributed by atoms with Crippen LogP contribution in [0.25, 0.3) is 0 Å². The first-order valence-electron chi connectivity index (χ1n) is 6.88. The summed E-state index contributed by atoms with van der Waals surface area (Å²) < 4.78 is 25.5. The molecule has 1 aromatic heterocycles. The summed E-state index contributed by atoms with van der Waals surface area (Å²) in [5.74, 6) is -0.347. The molecule has 4 nitrogen and oxygen atoms in total. The Morgan fingerprint density at radius 3 is 2.30 bits per heavy atom. The molecule has 0 bridgehead atoms. The van der Waals surface area contributed by atoms with Crippen LogP contribution in [0, 0.1) is 5.82 Å². The number of hydrogen-bond acceptors (Lipinski definition) is 4. The van der Waals surface area contributed by atoms with Gasteiger partial charge in [0.05, 0.1) is 16.8 Å². The predicted octanol–water partition coefficient (Wildman–Crippen LogP) is 1.41. The zero-order valence-electron chi connectivity index (χ0n) is 12.7. The van der Waals surface area contributed by atoms with Gasteiger partial charge in [-0.3, -0.25) is 4.98 Å². The molecule has 1 fully saturated rings. The van der Waals surface area contributed by atoms with E-state index in [0.29, 0.717) is 17.7 Å². The number of nitrogens with two attached hydrogens (primary N) is 1. The lowest BCUT2D eigenvalue weighted by Gasteiger charge is -2.32. The Hall–Kier alpha value is -0.975. The average Bonchev–Trinajstić information content (AvgIpc) is 2.46. The average molecular weight is 280 g/mol. The number of hydrogen-bond donors (Lipinski definition) is 1. The van der Waals surface area contributed by atoms with Crippen LogP contribution in [0.5, 0.6) is 0 Å². The molecule has 20 heavy (non-hydrogen) atoms. The summed E-state index contributed by atoms with van der Waals surface area (Å²) in [6.45, 7) is 9.68. The van der Waals surface area contributed by atoms with Gasteiger partial charge in [-0.1, -0.05) is 0 Å². The molecule has 0 aliphatic carbocycles. The first-order chi connectivity index (χ1) is 9.10. The van der Waals surface area contributed by atoms with Crippen molar-refractivity contribution in [2.75, 3.05) is 0 Å². The summed E-state index contributed by atoms with van der Waals surface area (Å²) >= 11 is 0. The van der Waals surface area contributed by atoms with Gasteiger partial charge in [0, 0.05) is 18.2 Å². The van der Waals surface area contributed by atoms with Crippen LogP contribution in [0.1, 0.15) is 40.3 Å². The van der Waals surface area contributed by atoms with Crippen molar-refractivity contribution in [1.29, 1.82) is 0 Å². The van der Waals surface area contributed by atoms with E-state index in [-0.39, 0.29) is 11.9 Å². The van der Waals surface area contributed by atoms with E-state index in [1.165, 1.54) is 12.1 Å². The Morgan fingerprint density at radius 1 is 1.25 bits per heavy atom. The van der Waals surface area contributed by atoms with E-state index in [2.05, 4.69) is 4.98 Å². The minimum absolute atomic E-state index is 0.0737. The molecule has 1 unspecified atom stereocenters. The molecule has 2 heterocycles. The Balaban J connectivity index is 2.28. The van der Waals surface area contributed by atoms with Crippen molar-refractivity contribution in [3.8, 4) is 0 Å². The molecule has 1 saturated heterocycles. The van der Waals surface area contributed by atoms with Crippen LogP contribution in [-0.2, 0) is 15.7 Å². The molecule has 110 valence electrons. The monoisotopic (exact) mass is 280 g/mol. The molecule has 6 heteroatoms. The van der Waals surface area contributed by atoms with E-state index in [9.17, 15) is 4.39 Å². The summed E-state index contributed by atoms with van der Waals surface area (Å²) in [5.41, 5.74) is 5.88. The molecule has 0 radical (unpaired) electrons. The quantitative estimate of drug-likeness (QED) is 0.850. The van der Waals surface area contributed by atoms with Crippen molar-refractivity contribution in [3.05, 3.63) is 23.6 Å². The van der Waals surface area contributed by atoms with Crippen LogP contribution in [0.2, 0.25) is 0 Å². The van der Waals surface area contributed by atoms with Crippen molar-refractivity contribution in [3.63, 3.8) is 0 Å². The molecule has 0 spiro atoms. The Labute approximate surface area is 120 Å². The zero-order chi connectivity index (χ0) is 15.1. The lowest BCUT2D eigenvalue weighted by atomic mass is 9.84. The summed E-state index contributed by atoms with van der Waals surface area (Å²) in [7, 11) is -0.650. The fraction of sp³-hybridized carbons (Fsp3) is 0.643. The molecule has 1 aliphatic heterocycles. The van der Waals surface area contributed by atoms with Gasteiger partial charge >= 0.3 is 7.12 Å². The van der Waals surface area contributed by atoms with E-state index in [0.717, 1.165) is 0 Å². The first kappa shape index (κ1) is 15.4. The smallest absolute Gasteiger partial charge is 0.398 e. The van der Waals surface area contributed by atoms with Crippen LogP contribution in [0.3, 0.4) is 0 Å². The van der Waals surface area contributed by atoms with Gasteiger partial charge in [-0.2, -0.15) is 0 Å². The van der Waals surface area contributed by atoms with Crippen LogP contribution >= 0.6 is 0 Å². The molecule has 1 atom stereocenters. The first-order valence-corrected chi connectivity index (χ1v) is 6.88. The predicted molar refractivity (Wildman–Crippen MR) is 77.3 cm³/mol. The fourth-order valence-corrected chi connectivity index (χ4v) is 2.09. The standard InChI is InChI=1S/C14H22BFN2O2/c1-9(17)6-11-7-10(16)8-12(18-11)15-19-13(2,3)14(4,5)20-15/h7-9H,6,17H2,1-5H3. The topological polar surface area (TPSA) is 57.4 Å². The van der Waals surface area contributed by atoms with Crippen LogP contribution in [0.4, 0.5) is 4.39 Å². The third-order valence-electron chi connectivity index (χ3n) is 3.89. The Bertz CT molecular complexity index is 490. The van der Waals surface area contributed by atoms with Crippen molar-refractivity contribution in [2.45, 2.75) is 58.3 Å². The maximum Gasteiger partial charge on any atom is 0.514 e. The third kappa shape index (κ3) is 3.02. The number of halogens is 1. The highest BCUT2D eigenvalue weighted by Gasteiger charge is 2.52. The van der Waals surface area contributed by atoms with E-state index < -0.39 is 18.3 Å². The van der Waals surface area contributed by atoms with Gasteiger partial charge in [0.1, 0.15) is 5.82 Å². The van der Waals surface area contributed by atoms with Gasteiger partial charge in [-0.25, -0.2) is 4.39 Å². The minimum Gasteiger partial charge on any atom is -0.398 e. The third-order valence-corrected chi connectivity index (χ3v) is 3.89. The number of aromatic nitrogens is 1. The second kappa shape index (κ2) is 5.09. The highest BCUT2D eigenvalue weighted by atomic mass is 19.1. The number of nitrogens with zero attached hydrogens (tertiary/aromatic N) is 1. The summed E-state index contributed by atoms with van der Waals surface area (Å²) in [6, 6.07) is 2.68. The van der Waals surface area contributed by atoms with Gasteiger partial charge in [0.2, 0.25) is 0 Å². The highest BCUT2D eigenvalue weighted by Crippen LogP contribution is 2.36. The van der Waals surface area contributed by atoms with Gasteiger partial charge in [-0.05, 0) is 46.8 Å². The van der Waals surface area contributed by atoms with Crippen molar-refractivity contribution < 1.29 is 13.7 Å². The number of rotatable bonds is 3. The van der Waals surface area contributed by atoms with E-state index >= 15 is 0 Å². The Morgan fingerprint density at radius 2 is 1.80 bits per heavy atom. The maximum absolute atomic E-state index is 13.7. The molecule has 0 saturated carbocycles. The van der Waals surface area contributed by atoms with Gasteiger partial charge in [0.15, 0.2) is 0 Å². The van der Waals surface area contributed by atoms with Gasteiger partial charge in [0.25, 0.3) is 0 Å². The largest absolute Gasteiger partial charge is 0.514 e. The number of pyridine rings is 1. The second-order valence-electron chi connectivity index (χ2n) is 6.47. The summed E-state index contributed by atoms with van der Waals surface area (Å²) in [6.07, 6.45) is 0.518. The van der Waals surface area contributed by atoms with E-state index in [4.69, 9.17) is 15.0 Å². The summed E-state index contributed by atoms with van der Waals surface area (Å²) in [4.78, 5) is 4.42. The van der Waals surface area contributed by atoms with E-state index in [1.54, 1.807) is 0 Å². The molecule has 1 aromatic rings. The van der Waals surface area contributed by atoms with Gasteiger partial charge in [-0.15, -0.1) is 0 Å². The van der Waals surface area contributed by atoms with Gasteiger partial charge < -0.3 is 15.0 Å². The minimum atomic E-state index is -0.650. The maximum atomic E-state index is 13.7. The molecule has 0 amide bonds. The molecular weight excluding hydrogens is 258 g/mol. The molecular formula is C14H22BFN2O2. The second-order valence-corrected chi connectivity index (χ2v) is 6.47. The molecule has 2 rings (SSSR count). The Kier molecular flexibility index (Phi) is 3.93. The zero-order valence-corrected chi connectivity index (χ0v) is 12.7. The van der Waals surface area contributed by atoms with Crippen LogP contribution in [0.15, 0.2) is 12.1 Å². The van der Waals surface area contributed by atoms with Crippen LogP contribution in [-0.4, -0.2) is 29.3 Å². The lowest BCUT2D eigenvalue weighted by Crippen LogP contribution is -2.41. The lowest BCUT2D eigenvalue weighted by molar-refractivity contribution is 0.00578. The van der Waals surface area contributed by atoms with Crippen molar-refractivity contribution in [1.82, 2.24) is 4.98 Å². The SMILES string of the molecule is CC(N)Cc1cc(F)cc(B2OC(C)(C)C(C)(C)O2)n1. The molecule has 2 N–H and O–H groups in total.